The van der Waals surface area contributed by atoms with E-state index in [1.54, 1.807) is 18.2 Å². The van der Waals surface area contributed by atoms with Crippen molar-refractivity contribution in [3.63, 3.8) is 0 Å². The number of para-hydroxylation sites is 2. The summed E-state index contributed by atoms with van der Waals surface area (Å²) in [4.78, 5) is 17.4. The zero-order valence-electron chi connectivity index (χ0n) is 16.0. The highest BCUT2D eigenvalue weighted by Gasteiger charge is 2.16. The van der Waals surface area contributed by atoms with Gasteiger partial charge in [-0.1, -0.05) is 42.1 Å². The minimum absolute atomic E-state index is 0.180. The van der Waals surface area contributed by atoms with Gasteiger partial charge in [0, 0.05) is 23.1 Å². The zero-order chi connectivity index (χ0) is 20.3. The molecule has 1 aliphatic heterocycles. The molecule has 0 atom stereocenters. The van der Waals surface area contributed by atoms with Crippen LogP contribution in [0.5, 0.6) is 11.5 Å². The number of nitrogens with zero attached hydrogens (tertiary/aromatic N) is 1. The van der Waals surface area contributed by atoms with Crippen LogP contribution in [0.25, 0.3) is 11.1 Å². The Morgan fingerprint density at radius 3 is 2.67 bits per heavy atom. The lowest BCUT2D eigenvalue weighted by atomic mass is 10.1. The highest BCUT2D eigenvalue weighted by atomic mass is 32.2. The number of rotatable bonds is 5. The van der Waals surface area contributed by atoms with Gasteiger partial charge in [0.25, 0.3) is 11.1 Å². The van der Waals surface area contributed by atoms with Crippen molar-refractivity contribution < 1.29 is 18.7 Å². The van der Waals surface area contributed by atoms with Crippen molar-refractivity contribution in [3.8, 4) is 11.5 Å². The van der Waals surface area contributed by atoms with E-state index in [1.807, 2.05) is 48.5 Å². The minimum atomic E-state index is -0.180. The average molecular weight is 418 g/mol. The molecule has 1 amide bonds. The fourth-order valence-corrected chi connectivity index (χ4v) is 4.08. The van der Waals surface area contributed by atoms with E-state index in [-0.39, 0.29) is 5.91 Å². The van der Waals surface area contributed by atoms with Crippen molar-refractivity contribution in [3.05, 3.63) is 77.9 Å². The predicted molar refractivity (Wildman–Crippen MR) is 115 cm³/mol. The summed E-state index contributed by atoms with van der Waals surface area (Å²) < 4.78 is 16.9. The Balaban J connectivity index is 1.32. The molecule has 30 heavy (non-hydrogen) atoms. The van der Waals surface area contributed by atoms with Crippen LogP contribution in [0.3, 0.4) is 0 Å². The number of oxazole rings is 1. The third kappa shape index (κ3) is 3.84. The number of hydrogen-bond acceptors (Lipinski definition) is 6. The molecule has 0 spiro atoms. The third-order valence-electron chi connectivity index (χ3n) is 4.69. The van der Waals surface area contributed by atoms with Crippen molar-refractivity contribution in [2.75, 3.05) is 18.5 Å². The number of hydrogen-bond donors (Lipinski definition) is 1. The molecule has 5 rings (SSSR count). The van der Waals surface area contributed by atoms with Gasteiger partial charge in [0.1, 0.15) is 18.7 Å². The molecule has 3 aromatic carbocycles. The first-order valence-electron chi connectivity index (χ1n) is 9.53. The Hall–Kier alpha value is -3.45. The van der Waals surface area contributed by atoms with E-state index in [0.29, 0.717) is 46.9 Å². The van der Waals surface area contributed by atoms with E-state index in [2.05, 4.69) is 10.3 Å². The number of nitrogens with one attached hydrogen (secondary N) is 1. The summed E-state index contributed by atoms with van der Waals surface area (Å²) >= 11 is 1.46. The van der Waals surface area contributed by atoms with Crippen LogP contribution in [-0.4, -0.2) is 24.1 Å². The molecule has 150 valence electrons. The van der Waals surface area contributed by atoms with E-state index in [4.69, 9.17) is 13.9 Å². The van der Waals surface area contributed by atoms with Crippen molar-refractivity contribution in [1.29, 1.82) is 0 Å². The van der Waals surface area contributed by atoms with Gasteiger partial charge in [0.05, 0.1) is 0 Å². The fourth-order valence-electron chi connectivity index (χ4n) is 3.24. The molecule has 0 saturated heterocycles. The van der Waals surface area contributed by atoms with Crippen LogP contribution in [0, 0.1) is 0 Å². The molecule has 1 N–H and O–H groups in total. The molecule has 0 fully saturated rings. The van der Waals surface area contributed by atoms with Crippen LogP contribution in [0.1, 0.15) is 15.9 Å². The highest BCUT2D eigenvalue weighted by Crippen LogP contribution is 2.33. The molecule has 7 heteroatoms. The summed E-state index contributed by atoms with van der Waals surface area (Å²) in [5.41, 5.74) is 3.75. The Kier molecular flexibility index (Phi) is 5.03. The third-order valence-corrected chi connectivity index (χ3v) is 5.56. The number of amides is 1. The number of ether oxygens (including phenoxy) is 2. The number of thioether (sulfide) groups is 1. The predicted octanol–water partition coefficient (Wildman–Crippen LogP) is 5.14. The Labute approximate surface area is 177 Å². The molecular weight excluding hydrogens is 400 g/mol. The van der Waals surface area contributed by atoms with E-state index in [9.17, 15) is 4.79 Å². The van der Waals surface area contributed by atoms with Crippen LogP contribution in [0.2, 0.25) is 0 Å². The zero-order valence-corrected chi connectivity index (χ0v) is 16.8. The lowest BCUT2D eigenvalue weighted by molar-refractivity contribution is 0.102. The number of fused-ring (bicyclic) bond motifs is 2. The van der Waals surface area contributed by atoms with E-state index >= 15 is 0 Å². The number of benzene rings is 3. The SMILES string of the molecule is O=C(Nc1ccc2c(c1)OCCO2)c1ccccc1CSc1nc2ccccc2o1. The molecule has 1 aromatic heterocycles. The van der Waals surface area contributed by atoms with Crippen molar-refractivity contribution >= 4 is 34.5 Å². The van der Waals surface area contributed by atoms with Crippen molar-refractivity contribution in [2.24, 2.45) is 0 Å². The first-order chi connectivity index (χ1) is 14.8. The van der Waals surface area contributed by atoms with Crippen LogP contribution < -0.4 is 14.8 Å². The summed E-state index contributed by atoms with van der Waals surface area (Å²) in [6.07, 6.45) is 0. The second kappa shape index (κ2) is 8.12. The van der Waals surface area contributed by atoms with E-state index < -0.39 is 0 Å². The largest absolute Gasteiger partial charge is 0.486 e. The Morgan fingerprint density at radius 2 is 1.77 bits per heavy atom. The summed E-state index contributed by atoms with van der Waals surface area (Å²) in [7, 11) is 0. The fraction of sp³-hybridized carbons (Fsp3) is 0.130. The van der Waals surface area contributed by atoms with Crippen LogP contribution in [-0.2, 0) is 5.75 Å². The molecule has 6 nitrogen and oxygen atoms in total. The van der Waals surface area contributed by atoms with Crippen LogP contribution in [0.15, 0.2) is 76.4 Å². The first kappa shape index (κ1) is 18.6. The summed E-state index contributed by atoms with van der Waals surface area (Å²) in [6, 6.07) is 20.6. The highest BCUT2D eigenvalue weighted by molar-refractivity contribution is 7.98. The van der Waals surface area contributed by atoms with Gasteiger partial charge in [-0.2, -0.15) is 0 Å². The smallest absolute Gasteiger partial charge is 0.257 e. The van der Waals surface area contributed by atoms with Crippen molar-refractivity contribution in [2.45, 2.75) is 11.0 Å². The van der Waals surface area contributed by atoms with Gasteiger partial charge >= 0.3 is 0 Å². The number of carbonyl (C=O) groups is 1. The van der Waals surface area contributed by atoms with Gasteiger partial charge in [-0.25, -0.2) is 4.98 Å². The lowest BCUT2D eigenvalue weighted by Crippen LogP contribution is -2.17. The molecule has 0 unspecified atom stereocenters. The van der Waals surface area contributed by atoms with Gasteiger partial charge in [-0.15, -0.1) is 0 Å². The molecule has 0 radical (unpaired) electrons. The Bertz CT molecular complexity index is 1190. The van der Waals surface area contributed by atoms with Crippen LogP contribution >= 0.6 is 11.8 Å². The molecular formula is C23H18N2O4S. The second-order valence-electron chi connectivity index (χ2n) is 6.71. The van der Waals surface area contributed by atoms with Gasteiger partial charge in [0.15, 0.2) is 17.1 Å². The normalized spacial score (nSPS) is 12.7. The van der Waals surface area contributed by atoms with E-state index in [0.717, 1.165) is 16.7 Å². The van der Waals surface area contributed by atoms with Gasteiger partial charge in [-0.3, -0.25) is 4.79 Å². The molecule has 0 aliphatic carbocycles. The minimum Gasteiger partial charge on any atom is -0.486 e. The number of anilines is 1. The molecule has 4 aromatic rings. The lowest BCUT2D eigenvalue weighted by Gasteiger charge is -2.19. The summed E-state index contributed by atoms with van der Waals surface area (Å²) in [6.45, 7) is 1.03. The van der Waals surface area contributed by atoms with Gasteiger partial charge < -0.3 is 19.2 Å². The average Bonchev–Trinajstić information content (AvgIpc) is 3.21. The van der Waals surface area contributed by atoms with Gasteiger partial charge in [-0.05, 0) is 35.9 Å². The standard InChI is InChI=1S/C23H18N2O4S/c26-22(24-16-9-10-20-21(13-16)28-12-11-27-20)17-6-2-1-5-15(17)14-30-23-25-18-7-3-4-8-19(18)29-23/h1-10,13H,11-12,14H2,(H,24,26). The van der Waals surface area contributed by atoms with Crippen molar-refractivity contribution in [1.82, 2.24) is 4.98 Å². The molecule has 2 heterocycles. The molecule has 0 bridgehead atoms. The summed E-state index contributed by atoms with van der Waals surface area (Å²) in [5.74, 6) is 1.71. The second-order valence-corrected chi connectivity index (χ2v) is 7.63. The quantitative estimate of drug-likeness (QED) is 0.452. The Morgan fingerprint density at radius 1 is 0.967 bits per heavy atom. The van der Waals surface area contributed by atoms with Gasteiger partial charge in [0.2, 0.25) is 0 Å². The number of carbonyl (C=O) groups excluding carboxylic acids is 1. The summed E-state index contributed by atoms with van der Waals surface area (Å²) in [5, 5.41) is 3.53. The van der Waals surface area contributed by atoms with Crippen LogP contribution in [0.4, 0.5) is 5.69 Å². The monoisotopic (exact) mass is 418 g/mol. The first-order valence-corrected chi connectivity index (χ1v) is 10.5. The topological polar surface area (TPSA) is 73.6 Å². The maximum atomic E-state index is 12.9. The number of aromatic nitrogens is 1. The van der Waals surface area contributed by atoms with E-state index in [1.165, 1.54) is 11.8 Å². The maximum absolute atomic E-state index is 12.9. The molecule has 0 saturated carbocycles. The maximum Gasteiger partial charge on any atom is 0.257 e. The molecule has 1 aliphatic rings.